The average Bonchev–Trinajstić information content (AvgIpc) is 2.47. The van der Waals surface area contributed by atoms with Crippen LogP contribution in [0.15, 0.2) is 35.6 Å². The molecule has 3 rings (SSSR count). The van der Waals surface area contributed by atoms with Gasteiger partial charge in [0.15, 0.2) is 5.76 Å². The molecule has 0 aromatic heterocycles. The highest BCUT2D eigenvalue weighted by molar-refractivity contribution is 6.10. The van der Waals surface area contributed by atoms with Gasteiger partial charge < -0.3 is 10.2 Å². The Labute approximate surface area is 138 Å². The Morgan fingerprint density at radius 1 is 1.13 bits per heavy atom. The van der Waals surface area contributed by atoms with Crippen LogP contribution in [0, 0.1) is 16.2 Å². The number of aliphatic hydroxyl groups excluding tert-OH is 1. The van der Waals surface area contributed by atoms with Crippen LogP contribution in [0.2, 0.25) is 0 Å². The summed E-state index contributed by atoms with van der Waals surface area (Å²) in [5.41, 5.74) is -1.23. The molecule has 3 aliphatic carbocycles. The molecule has 0 spiro atoms. The van der Waals surface area contributed by atoms with Gasteiger partial charge >= 0.3 is 0 Å². The minimum Gasteiger partial charge on any atom is -0.504 e. The largest absolute Gasteiger partial charge is 0.504 e. The second-order valence-corrected chi connectivity index (χ2v) is 8.75. The van der Waals surface area contributed by atoms with Gasteiger partial charge in [0, 0.05) is 16.4 Å². The predicted octanol–water partition coefficient (Wildman–Crippen LogP) is 4.24. The normalized spacial score (nSPS) is 42.7. The molecule has 0 aromatic rings. The first-order valence-electron chi connectivity index (χ1n) is 8.59. The quantitative estimate of drug-likeness (QED) is 0.711. The lowest BCUT2D eigenvalue weighted by molar-refractivity contribution is -0.128. The van der Waals surface area contributed by atoms with Gasteiger partial charge in [0.2, 0.25) is 5.78 Å². The van der Waals surface area contributed by atoms with Crippen molar-refractivity contribution in [2.24, 2.45) is 16.2 Å². The van der Waals surface area contributed by atoms with Crippen molar-refractivity contribution in [2.45, 2.75) is 65.4 Å². The minimum atomic E-state index is -1.19. The second-order valence-electron chi connectivity index (χ2n) is 8.75. The van der Waals surface area contributed by atoms with E-state index in [0.29, 0.717) is 12.0 Å². The maximum atomic E-state index is 12.9. The van der Waals surface area contributed by atoms with Crippen LogP contribution in [0.25, 0.3) is 0 Å². The second kappa shape index (κ2) is 4.60. The summed E-state index contributed by atoms with van der Waals surface area (Å²) in [6.07, 6.45) is 7.66. The van der Waals surface area contributed by atoms with Crippen molar-refractivity contribution >= 4 is 5.78 Å². The molecular formula is C20H28O3. The van der Waals surface area contributed by atoms with Gasteiger partial charge in [-0.3, -0.25) is 4.79 Å². The van der Waals surface area contributed by atoms with Crippen LogP contribution in [-0.2, 0) is 4.79 Å². The lowest BCUT2D eigenvalue weighted by atomic mass is 9.47. The van der Waals surface area contributed by atoms with E-state index in [2.05, 4.69) is 20.4 Å². The van der Waals surface area contributed by atoms with Crippen molar-refractivity contribution in [3.05, 3.63) is 35.6 Å². The van der Waals surface area contributed by atoms with E-state index < -0.39 is 16.8 Å². The summed E-state index contributed by atoms with van der Waals surface area (Å²) in [5, 5.41) is 22.3. The zero-order valence-electron chi connectivity index (χ0n) is 14.7. The molecule has 1 fully saturated rings. The molecule has 3 atom stereocenters. The molecule has 3 heteroatoms. The first-order valence-corrected chi connectivity index (χ1v) is 8.59. The number of carbonyl (C=O) groups is 1. The van der Waals surface area contributed by atoms with Crippen molar-refractivity contribution in [1.82, 2.24) is 0 Å². The van der Waals surface area contributed by atoms with Gasteiger partial charge in [0.05, 0.1) is 0 Å². The van der Waals surface area contributed by atoms with Crippen molar-refractivity contribution < 1.29 is 15.0 Å². The zero-order chi connectivity index (χ0) is 17.3. The maximum Gasteiger partial charge on any atom is 0.225 e. The summed E-state index contributed by atoms with van der Waals surface area (Å²) in [6.45, 7) is 12.0. The Hall–Kier alpha value is -1.35. The van der Waals surface area contributed by atoms with E-state index >= 15 is 0 Å². The summed E-state index contributed by atoms with van der Waals surface area (Å²) >= 11 is 0. The molecule has 0 bridgehead atoms. The van der Waals surface area contributed by atoms with E-state index in [4.69, 9.17) is 0 Å². The van der Waals surface area contributed by atoms with E-state index in [1.54, 1.807) is 0 Å². The highest BCUT2D eigenvalue weighted by atomic mass is 16.3. The Morgan fingerprint density at radius 2 is 1.78 bits per heavy atom. The third-order valence-corrected chi connectivity index (χ3v) is 6.73. The molecule has 0 aromatic carbocycles. The monoisotopic (exact) mass is 316 g/mol. The summed E-state index contributed by atoms with van der Waals surface area (Å²) in [5.74, 6) is -0.538. The number of aliphatic hydroxyl groups is 2. The number of carbonyl (C=O) groups excluding carboxylic acids is 1. The topological polar surface area (TPSA) is 57.5 Å². The third kappa shape index (κ3) is 1.95. The Morgan fingerprint density at radius 3 is 2.39 bits per heavy atom. The van der Waals surface area contributed by atoms with Gasteiger partial charge in [-0.05, 0) is 36.7 Å². The number of rotatable bonds is 1. The molecule has 23 heavy (non-hydrogen) atoms. The van der Waals surface area contributed by atoms with Crippen LogP contribution in [-0.4, -0.2) is 21.6 Å². The van der Waals surface area contributed by atoms with Crippen molar-refractivity contribution in [3.63, 3.8) is 0 Å². The van der Waals surface area contributed by atoms with Crippen LogP contribution in [0.4, 0.5) is 0 Å². The fraction of sp³-hybridized carbons (Fsp3) is 0.650. The van der Waals surface area contributed by atoms with Gasteiger partial charge in [-0.1, -0.05) is 46.3 Å². The molecular weight excluding hydrogens is 288 g/mol. The van der Waals surface area contributed by atoms with Crippen LogP contribution in [0.1, 0.15) is 59.8 Å². The highest BCUT2D eigenvalue weighted by Gasteiger charge is 2.63. The van der Waals surface area contributed by atoms with Crippen molar-refractivity contribution in [1.29, 1.82) is 0 Å². The lowest BCUT2D eigenvalue weighted by Crippen LogP contribution is -2.60. The van der Waals surface area contributed by atoms with E-state index in [0.717, 1.165) is 31.3 Å². The van der Waals surface area contributed by atoms with Crippen LogP contribution >= 0.6 is 0 Å². The van der Waals surface area contributed by atoms with E-state index in [1.807, 2.05) is 26.0 Å². The van der Waals surface area contributed by atoms with Crippen LogP contribution in [0.5, 0.6) is 0 Å². The smallest absolute Gasteiger partial charge is 0.225 e. The molecule has 0 heterocycles. The SMILES string of the molecule is C=C[C@]1(C)C=C2C(=O)C(O)=C3C(C)(C)CCC[C@]3(C)C2(O)CC1. The molecule has 126 valence electrons. The molecule has 1 saturated carbocycles. The lowest BCUT2D eigenvalue weighted by Gasteiger charge is -2.58. The molecule has 0 amide bonds. The van der Waals surface area contributed by atoms with Crippen LogP contribution < -0.4 is 0 Å². The zero-order valence-corrected chi connectivity index (χ0v) is 14.7. The van der Waals surface area contributed by atoms with Crippen molar-refractivity contribution in [2.75, 3.05) is 0 Å². The third-order valence-electron chi connectivity index (χ3n) is 6.73. The van der Waals surface area contributed by atoms with E-state index in [-0.39, 0.29) is 16.6 Å². The average molecular weight is 316 g/mol. The first kappa shape index (κ1) is 16.5. The van der Waals surface area contributed by atoms with Gasteiger partial charge in [-0.15, -0.1) is 6.58 Å². The predicted molar refractivity (Wildman–Crippen MR) is 91.0 cm³/mol. The summed E-state index contributed by atoms with van der Waals surface area (Å²) in [4.78, 5) is 12.9. The number of fused-ring (bicyclic) bond motifs is 3. The Bertz CT molecular complexity index is 654. The summed E-state index contributed by atoms with van der Waals surface area (Å²) in [7, 11) is 0. The van der Waals surface area contributed by atoms with Gasteiger partial charge in [-0.25, -0.2) is 0 Å². The number of hydrogen-bond acceptors (Lipinski definition) is 3. The number of hydrogen-bond donors (Lipinski definition) is 2. The molecule has 0 saturated heterocycles. The molecule has 0 aliphatic heterocycles. The standard InChI is InChI=1S/C20H28O3/c1-6-18(4)10-11-20(23)13(12-18)14(21)15(22)16-17(2,3)8-7-9-19(16,20)5/h6,12,22-23H,1,7-11H2,2-5H3/t18-,19-,20?/m0/s1. The molecule has 2 N–H and O–H groups in total. The summed E-state index contributed by atoms with van der Waals surface area (Å²) < 4.78 is 0. The number of allylic oxidation sites excluding steroid dienone is 3. The van der Waals surface area contributed by atoms with Crippen LogP contribution in [0.3, 0.4) is 0 Å². The van der Waals surface area contributed by atoms with Gasteiger partial charge in [-0.2, -0.15) is 0 Å². The number of Topliss-reactive ketones (excluding diaryl/α,β-unsaturated/α-hetero) is 1. The minimum absolute atomic E-state index is 0.138. The molecule has 3 aliphatic rings. The van der Waals surface area contributed by atoms with E-state index in [1.165, 1.54) is 0 Å². The van der Waals surface area contributed by atoms with Crippen molar-refractivity contribution in [3.8, 4) is 0 Å². The molecule has 3 nitrogen and oxygen atoms in total. The summed E-state index contributed by atoms with van der Waals surface area (Å²) in [6, 6.07) is 0. The molecule has 0 radical (unpaired) electrons. The fourth-order valence-corrected chi connectivity index (χ4v) is 5.21. The maximum absolute atomic E-state index is 12.9. The van der Waals surface area contributed by atoms with Gasteiger partial charge in [0.1, 0.15) is 5.60 Å². The number of ketones is 1. The Balaban J connectivity index is 2.30. The highest BCUT2D eigenvalue weighted by Crippen LogP contribution is 2.63. The molecule has 1 unspecified atom stereocenters. The first-order chi connectivity index (χ1) is 10.5. The van der Waals surface area contributed by atoms with E-state index in [9.17, 15) is 15.0 Å². The van der Waals surface area contributed by atoms with Gasteiger partial charge in [0.25, 0.3) is 0 Å². The Kier molecular flexibility index (Phi) is 3.30. The fourth-order valence-electron chi connectivity index (χ4n) is 5.21.